The Morgan fingerprint density at radius 1 is 0.469 bits per heavy atom. The summed E-state index contributed by atoms with van der Waals surface area (Å²) in [6.45, 7) is -0.175. The molecule has 0 saturated carbocycles. The van der Waals surface area contributed by atoms with Crippen LogP contribution in [0.5, 0.6) is 23.0 Å². The molecule has 11 rings (SSSR count). The topological polar surface area (TPSA) is 52.1 Å². The molecule has 2 aliphatic rings. The Kier molecular flexibility index (Phi) is 5.20. The van der Waals surface area contributed by atoms with Crippen molar-refractivity contribution in [1.29, 1.82) is 5.26 Å². The van der Waals surface area contributed by atoms with Gasteiger partial charge in [0.1, 0.15) is 23.0 Å². The number of hydrogen-bond acceptors (Lipinski definition) is 3. The maximum absolute atomic E-state index is 10.1. The summed E-state index contributed by atoms with van der Waals surface area (Å²) in [5, 5.41) is 14.9. The van der Waals surface area contributed by atoms with Crippen LogP contribution in [0.1, 0.15) is 5.56 Å². The predicted molar refractivity (Wildman–Crippen MR) is 198 cm³/mol. The van der Waals surface area contributed by atoms with Gasteiger partial charge >= 0.3 is 0 Å². The Balaban J connectivity index is 1.21. The highest BCUT2D eigenvalue weighted by atomic mass is 16.5. The lowest BCUT2D eigenvalue weighted by Gasteiger charge is -2.34. The van der Waals surface area contributed by atoms with Crippen LogP contribution < -0.4 is 25.9 Å². The minimum absolute atomic E-state index is 0.175. The standard InChI is InChI=1S/C43H24BN3O2/c45-25-26-23-39-41-40(24-26)49-43-32(16-10-22-38(43)47-35-19-7-3-13-29(35)30-14-4-8-20-36(30)47)44(41)31-15-9-21-37(42(31)48-39)46-33-17-5-1-11-27(33)28-12-2-6-18-34(28)46/h1-24H. The van der Waals surface area contributed by atoms with Crippen LogP contribution in [0.3, 0.4) is 0 Å². The number of aromatic nitrogens is 2. The molecule has 7 aromatic carbocycles. The highest BCUT2D eigenvalue weighted by Gasteiger charge is 2.42. The first-order chi connectivity index (χ1) is 24.3. The summed E-state index contributed by atoms with van der Waals surface area (Å²) < 4.78 is 18.4. The summed E-state index contributed by atoms with van der Waals surface area (Å²) in [6.07, 6.45) is 0. The quantitative estimate of drug-likeness (QED) is 0.181. The van der Waals surface area contributed by atoms with Crippen molar-refractivity contribution in [3.05, 3.63) is 151 Å². The molecule has 0 bridgehead atoms. The van der Waals surface area contributed by atoms with Gasteiger partial charge in [0, 0.05) is 27.0 Å². The van der Waals surface area contributed by atoms with Crippen molar-refractivity contribution in [2.75, 3.05) is 0 Å². The van der Waals surface area contributed by atoms with Crippen molar-refractivity contribution in [1.82, 2.24) is 9.13 Å². The number of rotatable bonds is 2. The molecule has 0 aliphatic carbocycles. The molecule has 226 valence electrons. The number of para-hydroxylation sites is 6. The van der Waals surface area contributed by atoms with Crippen molar-refractivity contribution in [2.24, 2.45) is 0 Å². The van der Waals surface area contributed by atoms with Gasteiger partial charge in [-0.25, -0.2) is 0 Å². The summed E-state index contributed by atoms with van der Waals surface area (Å²) in [6, 6.07) is 53.0. The first-order valence-electron chi connectivity index (χ1n) is 16.4. The Hall–Kier alpha value is -6.71. The normalized spacial score (nSPS) is 12.8. The molecule has 0 amide bonds. The molecule has 4 heterocycles. The molecule has 0 N–H and O–H groups in total. The third-order valence-electron chi connectivity index (χ3n) is 10.3. The zero-order chi connectivity index (χ0) is 32.2. The SMILES string of the molecule is N#Cc1cc2c3c(c1)Oc1c(cccc1-n1c4ccccc4c4ccccc41)B3c1cccc(-n3c4ccccc4c4ccccc43)c1O2. The molecule has 6 heteroatoms. The van der Waals surface area contributed by atoms with Gasteiger partial charge in [0.25, 0.3) is 6.71 Å². The van der Waals surface area contributed by atoms with Gasteiger partial charge in [0.2, 0.25) is 0 Å². The molecule has 49 heavy (non-hydrogen) atoms. The summed E-state index contributed by atoms with van der Waals surface area (Å²) >= 11 is 0. The lowest BCUT2D eigenvalue weighted by atomic mass is 9.34. The van der Waals surface area contributed by atoms with Crippen molar-refractivity contribution in [2.45, 2.75) is 0 Å². The molecule has 0 saturated heterocycles. The van der Waals surface area contributed by atoms with E-state index in [1.54, 1.807) is 0 Å². The Morgan fingerprint density at radius 2 is 0.857 bits per heavy atom. The molecule has 0 atom stereocenters. The van der Waals surface area contributed by atoms with Crippen molar-refractivity contribution in [3.8, 4) is 40.4 Å². The second-order valence-electron chi connectivity index (χ2n) is 12.8. The van der Waals surface area contributed by atoms with Crippen LogP contribution in [0, 0.1) is 11.3 Å². The number of hydrogen-bond donors (Lipinski definition) is 0. The zero-order valence-electron chi connectivity index (χ0n) is 26.1. The highest BCUT2D eigenvalue weighted by molar-refractivity contribution is 6.98. The second-order valence-corrected chi connectivity index (χ2v) is 12.8. The summed E-state index contributed by atoms with van der Waals surface area (Å²) in [5.74, 6) is 2.85. The largest absolute Gasteiger partial charge is 0.456 e. The van der Waals surface area contributed by atoms with E-state index in [0.717, 1.165) is 61.3 Å². The van der Waals surface area contributed by atoms with Gasteiger partial charge in [-0.15, -0.1) is 0 Å². The fourth-order valence-corrected chi connectivity index (χ4v) is 8.30. The highest BCUT2D eigenvalue weighted by Crippen LogP contribution is 2.43. The Bertz CT molecular complexity index is 2630. The van der Waals surface area contributed by atoms with Crippen LogP contribution in [0.25, 0.3) is 55.0 Å². The van der Waals surface area contributed by atoms with E-state index in [2.05, 4.69) is 149 Å². The summed E-state index contributed by atoms with van der Waals surface area (Å²) in [7, 11) is 0. The van der Waals surface area contributed by atoms with E-state index in [9.17, 15) is 5.26 Å². The average Bonchev–Trinajstić information content (AvgIpc) is 3.67. The molecule has 0 unspecified atom stereocenters. The smallest absolute Gasteiger partial charge is 0.260 e. The molecule has 2 aliphatic heterocycles. The molecule has 0 spiro atoms. The predicted octanol–water partition coefficient (Wildman–Crippen LogP) is 8.48. The van der Waals surface area contributed by atoms with E-state index in [0.29, 0.717) is 17.1 Å². The van der Waals surface area contributed by atoms with Crippen LogP contribution in [-0.2, 0) is 0 Å². The Morgan fingerprint density at radius 3 is 1.24 bits per heavy atom. The first-order valence-corrected chi connectivity index (χ1v) is 16.4. The van der Waals surface area contributed by atoms with Crippen LogP contribution in [-0.4, -0.2) is 15.8 Å². The van der Waals surface area contributed by atoms with Crippen LogP contribution in [0.4, 0.5) is 0 Å². The van der Waals surface area contributed by atoms with Gasteiger partial charge in [0.05, 0.1) is 45.1 Å². The fourth-order valence-electron chi connectivity index (χ4n) is 8.30. The van der Waals surface area contributed by atoms with Crippen molar-refractivity contribution >= 4 is 66.7 Å². The van der Waals surface area contributed by atoms with Gasteiger partial charge in [-0.2, -0.15) is 5.26 Å². The monoisotopic (exact) mass is 625 g/mol. The summed E-state index contributed by atoms with van der Waals surface area (Å²) in [4.78, 5) is 0. The molecular formula is C43H24BN3O2. The minimum Gasteiger partial charge on any atom is -0.456 e. The first kappa shape index (κ1) is 26.4. The van der Waals surface area contributed by atoms with E-state index in [1.165, 1.54) is 21.5 Å². The zero-order valence-corrected chi connectivity index (χ0v) is 26.1. The lowest BCUT2D eigenvalue weighted by molar-refractivity contribution is 0.462. The van der Waals surface area contributed by atoms with Gasteiger partial charge in [-0.05, 0) is 59.5 Å². The Labute approximate surface area is 281 Å². The van der Waals surface area contributed by atoms with Gasteiger partial charge in [-0.3, -0.25) is 0 Å². The van der Waals surface area contributed by atoms with Crippen molar-refractivity contribution < 1.29 is 9.47 Å². The van der Waals surface area contributed by atoms with Crippen LogP contribution in [0.15, 0.2) is 146 Å². The van der Waals surface area contributed by atoms with E-state index < -0.39 is 0 Å². The fraction of sp³-hybridized carbons (Fsp3) is 0. The third-order valence-corrected chi connectivity index (χ3v) is 10.3. The number of benzene rings is 7. The van der Waals surface area contributed by atoms with Gasteiger partial charge in [0.15, 0.2) is 0 Å². The van der Waals surface area contributed by atoms with Crippen LogP contribution >= 0.6 is 0 Å². The molecule has 9 aromatic rings. The number of nitrogens with zero attached hydrogens (tertiary/aromatic N) is 3. The van der Waals surface area contributed by atoms with E-state index in [4.69, 9.17) is 9.47 Å². The molecule has 0 radical (unpaired) electrons. The number of nitriles is 1. The second kappa shape index (κ2) is 9.66. The average molecular weight is 625 g/mol. The third kappa shape index (κ3) is 3.48. The van der Waals surface area contributed by atoms with Crippen LogP contribution in [0.2, 0.25) is 0 Å². The lowest BCUT2D eigenvalue weighted by Crippen LogP contribution is -2.57. The molecule has 2 aromatic heterocycles. The maximum Gasteiger partial charge on any atom is 0.260 e. The van der Waals surface area contributed by atoms with Gasteiger partial charge < -0.3 is 18.6 Å². The van der Waals surface area contributed by atoms with Crippen molar-refractivity contribution in [3.63, 3.8) is 0 Å². The number of ether oxygens (including phenoxy) is 2. The van der Waals surface area contributed by atoms with E-state index in [1.807, 2.05) is 12.1 Å². The number of fused-ring (bicyclic) bond motifs is 10. The molecule has 0 fully saturated rings. The minimum atomic E-state index is -0.175. The molecular weight excluding hydrogens is 601 g/mol. The summed E-state index contributed by atoms with van der Waals surface area (Å²) in [5.41, 5.74) is 9.90. The van der Waals surface area contributed by atoms with E-state index >= 15 is 0 Å². The van der Waals surface area contributed by atoms with E-state index in [-0.39, 0.29) is 6.71 Å². The van der Waals surface area contributed by atoms with Gasteiger partial charge in [-0.1, -0.05) is 97.1 Å². The molecule has 5 nitrogen and oxygen atoms in total. The maximum atomic E-state index is 10.1.